The van der Waals surface area contributed by atoms with Gasteiger partial charge < -0.3 is 14.9 Å². The molecule has 0 unspecified atom stereocenters. The molecule has 1 aromatic heterocycles. The Morgan fingerprint density at radius 1 is 1.21 bits per heavy atom. The van der Waals surface area contributed by atoms with Gasteiger partial charge in [0.25, 0.3) is 0 Å². The molecule has 0 aliphatic heterocycles. The summed E-state index contributed by atoms with van der Waals surface area (Å²) in [6.07, 6.45) is -10.8. The highest BCUT2D eigenvalue weighted by Gasteiger charge is 2.43. The summed E-state index contributed by atoms with van der Waals surface area (Å²) in [4.78, 5) is 13.2. The predicted molar refractivity (Wildman–Crippen MR) is 44.5 cm³/mol. The number of aromatic carboxylic acids is 1. The highest BCUT2D eigenvalue weighted by molar-refractivity contribution is 5.93. The third kappa shape index (κ3) is 3.39. The fourth-order valence-corrected chi connectivity index (χ4v) is 1.12. The minimum atomic E-state index is -5.48. The standard InChI is InChI=1S/C8H3F6NO4/c9-7(10,11)5-3(6(17)18)4(2(16)1-15-5)19-8(12,13)14/h1,16H,(H,17,18). The quantitative estimate of drug-likeness (QED) is 0.818. The van der Waals surface area contributed by atoms with Gasteiger partial charge in [-0.2, -0.15) is 13.2 Å². The lowest BCUT2D eigenvalue weighted by Gasteiger charge is -2.15. The van der Waals surface area contributed by atoms with Gasteiger partial charge in [0.05, 0.1) is 6.20 Å². The van der Waals surface area contributed by atoms with Crippen molar-refractivity contribution >= 4 is 5.97 Å². The first-order valence-electron chi connectivity index (χ1n) is 4.21. The molecule has 0 saturated carbocycles. The maximum absolute atomic E-state index is 12.4. The number of halogens is 6. The third-order valence-electron chi connectivity index (χ3n) is 1.71. The second-order valence-corrected chi connectivity index (χ2v) is 3.05. The Labute approximate surface area is 99.6 Å². The molecule has 0 amide bonds. The summed E-state index contributed by atoms with van der Waals surface area (Å²) in [6, 6.07) is 0. The molecule has 0 spiro atoms. The zero-order chi connectivity index (χ0) is 15.0. The van der Waals surface area contributed by atoms with Crippen molar-refractivity contribution in [3.05, 3.63) is 17.5 Å². The summed E-state index contributed by atoms with van der Waals surface area (Å²) in [6.45, 7) is 0. The van der Waals surface area contributed by atoms with Crippen molar-refractivity contribution in [2.45, 2.75) is 12.5 Å². The molecule has 0 bridgehead atoms. The molecule has 0 radical (unpaired) electrons. The number of aromatic hydroxyl groups is 1. The topological polar surface area (TPSA) is 79.7 Å². The van der Waals surface area contributed by atoms with Crippen LogP contribution in [0.2, 0.25) is 0 Å². The Bertz CT molecular complexity index is 509. The van der Waals surface area contributed by atoms with Crippen molar-refractivity contribution in [1.82, 2.24) is 4.98 Å². The molecule has 0 fully saturated rings. The third-order valence-corrected chi connectivity index (χ3v) is 1.71. The number of nitrogens with zero attached hydrogens (tertiary/aromatic N) is 1. The van der Waals surface area contributed by atoms with E-state index in [4.69, 9.17) is 10.2 Å². The Morgan fingerprint density at radius 2 is 1.74 bits per heavy atom. The summed E-state index contributed by atoms with van der Waals surface area (Å²) in [5.41, 5.74) is -4.04. The van der Waals surface area contributed by atoms with Crippen molar-refractivity contribution in [2.75, 3.05) is 0 Å². The SMILES string of the molecule is O=C(O)c1c(C(F)(F)F)ncc(O)c1OC(F)(F)F. The predicted octanol–water partition coefficient (Wildman–Crippen LogP) is 2.40. The van der Waals surface area contributed by atoms with Crippen molar-refractivity contribution in [3.63, 3.8) is 0 Å². The molecule has 1 aromatic rings. The highest BCUT2D eigenvalue weighted by atomic mass is 19.4. The summed E-state index contributed by atoms with van der Waals surface area (Å²) in [5, 5.41) is 17.5. The highest BCUT2D eigenvalue weighted by Crippen LogP contribution is 2.40. The van der Waals surface area contributed by atoms with Crippen molar-refractivity contribution in [3.8, 4) is 11.5 Å². The van der Waals surface area contributed by atoms with Crippen LogP contribution in [0, 0.1) is 0 Å². The first kappa shape index (κ1) is 14.9. The van der Waals surface area contributed by atoms with Crippen LogP contribution in [0.1, 0.15) is 16.1 Å². The number of pyridine rings is 1. The van der Waals surface area contributed by atoms with E-state index in [0.29, 0.717) is 0 Å². The molecule has 1 rings (SSSR count). The Balaban J connectivity index is 3.56. The van der Waals surface area contributed by atoms with E-state index in [1.54, 1.807) is 0 Å². The zero-order valence-corrected chi connectivity index (χ0v) is 8.50. The van der Waals surface area contributed by atoms with Gasteiger partial charge in [0.1, 0.15) is 5.56 Å². The van der Waals surface area contributed by atoms with Gasteiger partial charge in [0, 0.05) is 0 Å². The molecule has 19 heavy (non-hydrogen) atoms. The Hall–Kier alpha value is -2.20. The number of aromatic nitrogens is 1. The van der Waals surface area contributed by atoms with Gasteiger partial charge in [-0.3, -0.25) is 0 Å². The summed E-state index contributed by atoms with van der Waals surface area (Å²) < 4.78 is 76.2. The van der Waals surface area contributed by atoms with Crippen molar-refractivity contribution in [2.24, 2.45) is 0 Å². The van der Waals surface area contributed by atoms with E-state index in [0.717, 1.165) is 0 Å². The van der Waals surface area contributed by atoms with Crippen LogP contribution in [0.15, 0.2) is 6.20 Å². The van der Waals surface area contributed by atoms with Crippen LogP contribution in [0.3, 0.4) is 0 Å². The largest absolute Gasteiger partial charge is 0.573 e. The van der Waals surface area contributed by atoms with Crippen LogP contribution in [0.4, 0.5) is 26.3 Å². The molecule has 0 atom stereocenters. The molecular formula is C8H3F6NO4. The van der Waals surface area contributed by atoms with Crippen LogP contribution >= 0.6 is 0 Å². The number of carbonyl (C=O) groups is 1. The maximum atomic E-state index is 12.4. The molecule has 0 aliphatic rings. The van der Waals surface area contributed by atoms with E-state index in [9.17, 15) is 31.1 Å². The molecular weight excluding hydrogens is 288 g/mol. The maximum Gasteiger partial charge on any atom is 0.573 e. The van der Waals surface area contributed by atoms with Crippen molar-refractivity contribution < 1.29 is 46.1 Å². The zero-order valence-electron chi connectivity index (χ0n) is 8.50. The van der Waals surface area contributed by atoms with Crippen LogP contribution in [0.25, 0.3) is 0 Å². The van der Waals surface area contributed by atoms with E-state index in [1.807, 2.05) is 0 Å². The molecule has 2 N–H and O–H groups in total. The first-order chi connectivity index (χ1) is 8.43. The number of rotatable bonds is 2. The lowest BCUT2D eigenvalue weighted by atomic mass is 10.1. The van der Waals surface area contributed by atoms with Gasteiger partial charge in [-0.05, 0) is 0 Å². The van der Waals surface area contributed by atoms with Gasteiger partial charge in [-0.15, -0.1) is 13.2 Å². The van der Waals surface area contributed by atoms with Crippen LogP contribution in [0.5, 0.6) is 11.5 Å². The summed E-state index contributed by atoms with van der Waals surface area (Å²) in [5.74, 6) is -5.74. The number of hydrogen-bond donors (Lipinski definition) is 2. The summed E-state index contributed by atoms with van der Waals surface area (Å²) >= 11 is 0. The minimum Gasteiger partial charge on any atom is -0.503 e. The van der Waals surface area contributed by atoms with Gasteiger partial charge in [-0.1, -0.05) is 0 Å². The van der Waals surface area contributed by atoms with E-state index < -0.39 is 41.3 Å². The smallest absolute Gasteiger partial charge is 0.503 e. The Kier molecular flexibility index (Phi) is 3.50. The molecule has 0 aromatic carbocycles. The Morgan fingerprint density at radius 3 is 2.11 bits per heavy atom. The van der Waals surface area contributed by atoms with Crippen molar-refractivity contribution in [1.29, 1.82) is 0 Å². The molecule has 0 aliphatic carbocycles. The lowest BCUT2D eigenvalue weighted by molar-refractivity contribution is -0.275. The molecule has 106 valence electrons. The second kappa shape index (κ2) is 4.48. The lowest BCUT2D eigenvalue weighted by Crippen LogP contribution is -2.22. The normalized spacial score (nSPS) is 12.3. The van der Waals surface area contributed by atoms with E-state index in [2.05, 4.69) is 9.72 Å². The first-order valence-corrected chi connectivity index (χ1v) is 4.21. The number of carboxylic acid groups (broad SMARTS) is 1. The number of hydrogen-bond acceptors (Lipinski definition) is 4. The van der Waals surface area contributed by atoms with Crippen LogP contribution < -0.4 is 4.74 Å². The minimum absolute atomic E-state index is 0.0103. The van der Waals surface area contributed by atoms with Gasteiger partial charge in [0.2, 0.25) is 0 Å². The van der Waals surface area contributed by atoms with Crippen LogP contribution in [-0.2, 0) is 6.18 Å². The molecule has 11 heteroatoms. The number of carboxylic acids is 1. The molecule has 0 saturated heterocycles. The fourth-order valence-electron chi connectivity index (χ4n) is 1.12. The summed E-state index contributed by atoms with van der Waals surface area (Å²) in [7, 11) is 0. The monoisotopic (exact) mass is 291 g/mol. The average Bonchev–Trinajstić information content (AvgIpc) is 2.16. The molecule has 5 nitrogen and oxygen atoms in total. The van der Waals surface area contributed by atoms with Gasteiger partial charge in [0.15, 0.2) is 17.2 Å². The van der Waals surface area contributed by atoms with E-state index in [1.165, 1.54) is 0 Å². The fraction of sp³-hybridized carbons (Fsp3) is 0.250. The van der Waals surface area contributed by atoms with Gasteiger partial charge >= 0.3 is 18.5 Å². The average molecular weight is 291 g/mol. The van der Waals surface area contributed by atoms with Crippen LogP contribution in [-0.4, -0.2) is 27.5 Å². The van der Waals surface area contributed by atoms with E-state index in [-0.39, 0.29) is 6.20 Å². The molecule has 1 heterocycles. The second-order valence-electron chi connectivity index (χ2n) is 3.05. The van der Waals surface area contributed by atoms with E-state index >= 15 is 0 Å². The number of ether oxygens (including phenoxy) is 1. The number of alkyl halides is 6. The van der Waals surface area contributed by atoms with Gasteiger partial charge in [-0.25, -0.2) is 9.78 Å².